The lowest BCUT2D eigenvalue weighted by Gasteiger charge is -1.97. The van der Waals surface area contributed by atoms with Gasteiger partial charge in [0.25, 0.3) is 0 Å². The monoisotopic (exact) mass is 256 g/mol. The molecule has 0 fully saturated rings. The van der Waals surface area contributed by atoms with E-state index in [2.05, 4.69) is 31.1 Å². The first-order valence-corrected chi connectivity index (χ1v) is 5.83. The molecule has 2 nitrogen and oxygen atoms in total. The summed E-state index contributed by atoms with van der Waals surface area (Å²) in [7, 11) is 0. The van der Waals surface area contributed by atoms with Gasteiger partial charge in [-0.15, -0.1) is 0 Å². The maximum absolute atomic E-state index is 10.5. The van der Waals surface area contributed by atoms with E-state index in [9.17, 15) is 4.79 Å². The van der Waals surface area contributed by atoms with Crippen molar-refractivity contribution in [3.05, 3.63) is 73.4 Å². The molecule has 1 aromatic carbocycles. The van der Waals surface area contributed by atoms with Crippen LogP contribution in [-0.2, 0) is 9.53 Å². The zero-order chi connectivity index (χ0) is 14.7. The Bertz CT molecular complexity index is 426. The fourth-order valence-corrected chi connectivity index (χ4v) is 1.03. The normalized spacial score (nSPS) is 8.47. The van der Waals surface area contributed by atoms with E-state index in [0.29, 0.717) is 5.57 Å². The van der Waals surface area contributed by atoms with Gasteiger partial charge in [-0.25, -0.2) is 4.79 Å². The Kier molecular flexibility index (Phi) is 8.46. The third-order valence-corrected chi connectivity index (χ3v) is 2.09. The molecule has 0 bridgehead atoms. The molecule has 0 aliphatic rings. The SMILES string of the molecule is C=CCOC(=O)C(=C)C.C=Cc1ccc(C=C)cc1. The first kappa shape index (κ1) is 16.7. The molecular weight excluding hydrogens is 236 g/mol. The summed E-state index contributed by atoms with van der Waals surface area (Å²) in [5.74, 6) is -0.366. The standard InChI is InChI=1S/C10H10.C7H10O2/c1-3-9-5-7-10(4-2)8-6-9;1-4-5-9-7(8)6(2)3/h3-8H,1-2H2;4H,1-2,5H2,3H3. The van der Waals surface area contributed by atoms with Crippen LogP contribution in [0.5, 0.6) is 0 Å². The van der Waals surface area contributed by atoms with Gasteiger partial charge in [-0.3, -0.25) is 0 Å². The van der Waals surface area contributed by atoms with E-state index in [1.54, 1.807) is 6.92 Å². The maximum atomic E-state index is 10.5. The van der Waals surface area contributed by atoms with Gasteiger partial charge in [-0.1, -0.05) is 68.8 Å². The second-order valence-corrected chi connectivity index (χ2v) is 3.74. The molecule has 0 saturated heterocycles. The van der Waals surface area contributed by atoms with E-state index in [4.69, 9.17) is 0 Å². The summed E-state index contributed by atoms with van der Waals surface area (Å²) >= 11 is 0. The fourth-order valence-electron chi connectivity index (χ4n) is 1.03. The highest BCUT2D eigenvalue weighted by Crippen LogP contribution is 2.05. The Morgan fingerprint density at radius 2 is 1.53 bits per heavy atom. The van der Waals surface area contributed by atoms with Crippen LogP contribution in [0.2, 0.25) is 0 Å². The van der Waals surface area contributed by atoms with Gasteiger partial charge in [-0.2, -0.15) is 0 Å². The molecule has 0 amide bonds. The van der Waals surface area contributed by atoms with Crippen LogP contribution >= 0.6 is 0 Å². The third kappa shape index (κ3) is 7.55. The number of esters is 1. The van der Waals surface area contributed by atoms with Crippen molar-refractivity contribution in [2.24, 2.45) is 0 Å². The molecule has 0 saturated carbocycles. The minimum atomic E-state index is -0.366. The van der Waals surface area contributed by atoms with Crippen molar-refractivity contribution in [1.29, 1.82) is 0 Å². The molecule has 1 rings (SSSR count). The van der Waals surface area contributed by atoms with Gasteiger partial charge in [-0.05, 0) is 18.1 Å². The predicted molar refractivity (Wildman–Crippen MR) is 82.6 cm³/mol. The van der Waals surface area contributed by atoms with Crippen LogP contribution in [0.1, 0.15) is 18.1 Å². The van der Waals surface area contributed by atoms with Crippen LogP contribution in [0.25, 0.3) is 12.2 Å². The van der Waals surface area contributed by atoms with E-state index in [0.717, 1.165) is 11.1 Å². The molecule has 2 heteroatoms. The second kappa shape index (κ2) is 9.66. The number of hydrogen-bond acceptors (Lipinski definition) is 2. The van der Waals surface area contributed by atoms with Gasteiger partial charge in [0.05, 0.1) is 0 Å². The first-order valence-electron chi connectivity index (χ1n) is 5.83. The number of hydrogen-bond donors (Lipinski definition) is 0. The molecule has 0 unspecified atom stereocenters. The van der Waals surface area contributed by atoms with Crippen molar-refractivity contribution in [3.8, 4) is 0 Å². The molecule has 0 N–H and O–H groups in total. The van der Waals surface area contributed by atoms with E-state index < -0.39 is 0 Å². The van der Waals surface area contributed by atoms with Crippen molar-refractivity contribution >= 4 is 18.1 Å². The van der Waals surface area contributed by atoms with Crippen LogP contribution in [0.4, 0.5) is 0 Å². The average Bonchev–Trinajstić information content (AvgIpc) is 2.45. The third-order valence-electron chi connectivity index (χ3n) is 2.09. The highest BCUT2D eigenvalue weighted by atomic mass is 16.5. The number of ether oxygens (including phenoxy) is 1. The lowest BCUT2D eigenvalue weighted by atomic mass is 10.1. The highest BCUT2D eigenvalue weighted by Gasteiger charge is 1.98. The Hall–Kier alpha value is -2.35. The predicted octanol–water partition coefficient (Wildman–Crippen LogP) is 4.26. The molecule has 0 heterocycles. The van der Waals surface area contributed by atoms with Gasteiger partial charge in [0.1, 0.15) is 6.61 Å². The van der Waals surface area contributed by atoms with Crippen LogP contribution < -0.4 is 0 Å². The molecule has 0 spiro atoms. The second-order valence-electron chi connectivity index (χ2n) is 3.74. The minimum Gasteiger partial charge on any atom is -0.458 e. The van der Waals surface area contributed by atoms with E-state index >= 15 is 0 Å². The summed E-state index contributed by atoms with van der Waals surface area (Å²) in [6.45, 7) is 16.0. The molecule has 0 atom stereocenters. The van der Waals surface area contributed by atoms with Gasteiger partial charge in [0, 0.05) is 5.57 Å². The van der Waals surface area contributed by atoms with E-state index in [1.807, 2.05) is 36.4 Å². The van der Waals surface area contributed by atoms with E-state index in [1.165, 1.54) is 6.08 Å². The maximum Gasteiger partial charge on any atom is 0.333 e. The lowest BCUT2D eigenvalue weighted by Crippen LogP contribution is -2.03. The Labute approximate surface area is 115 Å². The summed E-state index contributed by atoms with van der Waals surface area (Å²) < 4.78 is 4.60. The topological polar surface area (TPSA) is 26.3 Å². The minimum absolute atomic E-state index is 0.256. The lowest BCUT2D eigenvalue weighted by molar-refractivity contribution is -0.137. The molecule has 0 aliphatic heterocycles. The zero-order valence-corrected chi connectivity index (χ0v) is 11.4. The van der Waals surface area contributed by atoms with Crippen molar-refractivity contribution in [2.75, 3.05) is 6.61 Å². The molecule has 0 aromatic heterocycles. The van der Waals surface area contributed by atoms with Crippen molar-refractivity contribution in [1.82, 2.24) is 0 Å². The summed E-state index contributed by atoms with van der Waals surface area (Å²) in [5.41, 5.74) is 2.70. The average molecular weight is 256 g/mol. The van der Waals surface area contributed by atoms with Crippen molar-refractivity contribution in [3.63, 3.8) is 0 Å². The first-order chi connectivity index (χ1) is 9.04. The molecule has 0 radical (unpaired) electrons. The van der Waals surface area contributed by atoms with Crippen LogP contribution in [0, 0.1) is 0 Å². The molecule has 1 aromatic rings. The molecular formula is C17H20O2. The number of benzene rings is 1. The van der Waals surface area contributed by atoms with Gasteiger partial charge in [0.2, 0.25) is 0 Å². The van der Waals surface area contributed by atoms with Gasteiger partial charge < -0.3 is 4.74 Å². The van der Waals surface area contributed by atoms with Crippen molar-refractivity contribution < 1.29 is 9.53 Å². The van der Waals surface area contributed by atoms with Gasteiger partial charge >= 0.3 is 5.97 Å². The van der Waals surface area contributed by atoms with Crippen LogP contribution in [-0.4, -0.2) is 12.6 Å². The fraction of sp³-hybridized carbons (Fsp3) is 0.118. The largest absolute Gasteiger partial charge is 0.458 e. The molecule has 100 valence electrons. The zero-order valence-electron chi connectivity index (χ0n) is 11.4. The van der Waals surface area contributed by atoms with Crippen LogP contribution in [0.3, 0.4) is 0 Å². The Balaban J connectivity index is 0.000000344. The van der Waals surface area contributed by atoms with E-state index in [-0.39, 0.29) is 12.6 Å². The quantitative estimate of drug-likeness (QED) is 0.447. The number of carbonyl (C=O) groups excluding carboxylic acids is 1. The molecule has 19 heavy (non-hydrogen) atoms. The summed E-state index contributed by atoms with van der Waals surface area (Å²) in [6.07, 6.45) is 5.17. The smallest absolute Gasteiger partial charge is 0.333 e. The summed E-state index contributed by atoms with van der Waals surface area (Å²) in [5, 5.41) is 0. The summed E-state index contributed by atoms with van der Waals surface area (Å²) in [6, 6.07) is 8.07. The van der Waals surface area contributed by atoms with Gasteiger partial charge in [0.15, 0.2) is 0 Å². The summed E-state index contributed by atoms with van der Waals surface area (Å²) in [4.78, 5) is 10.5. The van der Waals surface area contributed by atoms with Crippen LogP contribution in [0.15, 0.2) is 62.2 Å². The number of rotatable bonds is 5. The number of carbonyl (C=O) groups is 1. The Morgan fingerprint density at radius 1 is 1.11 bits per heavy atom. The molecule has 0 aliphatic carbocycles. The highest BCUT2D eigenvalue weighted by molar-refractivity contribution is 5.86. The Morgan fingerprint density at radius 3 is 1.79 bits per heavy atom. The van der Waals surface area contributed by atoms with Crippen molar-refractivity contribution in [2.45, 2.75) is 6.92 Å².